The van der Waals surface area contributed by atoms with Crippen LogP contribution < -0.4 is 19.7 Å². The van der Waals surface area contributed by atoms with E-state index in [1.54, 1.807) is 0 Å². The predicted octanol–water partition coefficient (Wildman–Crippen LogP) is -1.04. The number of benzene rings is 1. The van der Waals surface area contributed by atoms with Gasteiger partial charge in [-0.1, -0.05) is 0 Å². The van der Waals surface area contributed by atoms with Gasteiger partial charge in [0.15, 0.2) is 0 Å². The third-order valence-electron chi connectivity index (χ3n) is 1.75. The van der Waals surface area contributed by atoms with Crippen LogP contribution in [0.2, 0.25) is 0 Å². The topological polar surface area (TPSA) is 142 Å². The molecule has 0 unspecified atom stereocenters. The molecule has 0 spiro atoms. The van der Waals surface area contributed by atoms with Crippen molar-refractivity contribution < 1.29 is 21.6 Å². The fourth-order valence-electron chi connectivity index (χ4n) is 1.10. The summed E-state index contributed by atoms with van der Waals surface area (Å²) in [7, 11) is -6.68. The summed E-state index contributed by atoms with van der Waals surface area (Å²) < 4.78 is 50.6. The van der Waals surface area contributed by atoms with Crippen molar-refractivity contribution in [3.63, 3.8) is 0 Å². The molecule has 17 heavy (non-hydrogen) atoms. The zero-order valence-electron chi connectivity index (χ0n) is 8.74. The van der Waals surface area contributed by atoms with Crippen LogP contribution in [0.15, 0.2) is 23.1 Å². The van der Waals surface area contributed by atoms with Crippen molar-refractivity contribution in [3.8, 4) is 5.75 Å². The summed E-state index contributed by atoms with van der Waals surface area (Å²) in [6, 6.07) is 3.45. The summed E-state index contributed by atoms with van der Waals surface area (Å²) in [5.74, 6) is 0.117. The number of hydrogen-bond acceptors (Lipinski definition) is 5. The SMILES string of the molecule is COc1ccc(S(N)(=O)=O)cc1NS(N)(=O)=O. The fraction of sp³-hybridized carbons (Fsp3) is 0.143. The number of methoxy groups -OCH3 is 1. The van der Waals surface area contributed by atoms with E-state index in [-0.39, 0.29) is 16.3 Å². The van der Waals surface area contributed by atoms with Crippen LogP contribution in [0.1, 0.15) is 0 Å². The standard InChI is InChI=1S/C7H11N3O5S2/c1-15-7-3-2-5(16(8,11)12)4-6(7)10-17(9,13)14/h2-4,10H,1H3,(H2,8,11,12)(H2,9,13,14). The molecule has 0 aliphatic carbocycles. The Kier molecular flexibility index (Phi) is 3.62. The first-order chi connectivity index (χ1) is 7.63. The maximum absolute atomic E-state index is 11.1. The first-order valence-electron chi connectivity index (χ1n) is 4.15. The Bertz CT molecular complexity index is 623. The first-order valence-corrected chi connectivity index (χ1v) is 7.24. The van der Waals surface area contributed by atoms with Gasteiger partial charge in [0, 0.05) is 0 Å². The second-order valence-electron chi connectivity index (χ2n) is 3.05. The molecule has 5 N–H and O–H groups in total. The highest BCUT2D eigenvalue weighted by Crippen LogP contribution is 2.27. The van der Waals surface area contributed by atoms with Crippen LogP contribution in [0, 0.1) is 0 Å². The molecule has 1 aromatic carbocycles. The normalized spacial score (nSPS) is 12.2. The van der Waals surface area contributed by atoms with Crippen LogP contribution in [0.5, 0.6) is 5.75 Å². The zero-order chi connectivity index (χ0) is 13.3. The van der Waals surface area contributed by atoms with Crippen molar-refractivity contribution in [2.24, 2.45) is 10.3 Å². The van der Waals surface area contributed by atoms with Gasteiger partial charge in [-0.3, -0.25) is 4.72 Å². The summed E-state index contributed by atoms with van der Waals surface area (Å²) in [6.45, 7) is 0. The third-order valence-corrected chi connectivity index (χ3v) is 3.17. The van der Waals surface area contributed by atoms with Crippen molar-refractivity contribution in [1.82, 2.24) is 0 Å². The van der Waals surface area contributed by atoms with Crippen LogP contribution >= 0.6 is 0 Å². The van der Waals surface area contributed by atoms with E-state index in [2.05, 4.69) is 0 Å². The Hall–Kier alpha value is -1.36. The minimum atomic E-state index is -4.04. The van der Waals surface area contributed by atoms with Crippen LogP contribution in [0.25, 0.3) is 0 Å². The summed E-state index contributed by atoms with van der Waals surface area (Å²) in [6.07, 6.45) is 0. The van der Waals surface area contributed by atoms with E-state index in [4.69, 9.17) is 15.0 Å². The molecule has 1 rings (SSSR count). The van der Waals surface area contributed by atoms with Crippen LogP contribution in [0.4, 0.5) is 5.69 Å². The maximum atomic E-state index is 11.1. The molecule has 8 nitrogen and oxygen atoms in total. The number of rotatable bonds is 4. The van der Waals surface area contributed by atoms with E-state index in [9.17, 15) is 16.8 Å². The summed E-state index contributed by atoms with van der Waals surface area (Å²) in [5.41, 5.74) is -0.110. The van der Waals surface area contributed by atoms with Crippen molar-refractivity contribution in [2.45, 2.75) is 4.90 Å². The molecule has 10 heteroatoms. The van der Waals surface area contributed by atoms with Crippen LogP contribution in [0.3, 0.4) is 0 Å². The summed E-state index contributed by atoms with van der Waals surface area (Å²) in [5, 5.41) is 9.68. The molecule has 0 atom stereocenters. The second kappa shape index (κ2) is 4.49. The van der Waals surface area contributed by atoms with E-state index < -0.39 is 20.2 Å². The van der Waals surface area contributed by atoms with Gasteiger partial charge >= 0.3 is 0 Å². The smallest absolute Gasteiger partial charge is 0.296 e. The largest absolute Gasteiger partial charge is 0.495 e. The monoisotopic (exact) mass is 281 g/mol. The van der Waals surface area contributed by atoms with E-state index in [0.29, 0.717) is 0 Å². The molecule has 0 aromatic heterocycles. The lowest BCUT2D eigenvalue weighted by atomic mass is 10.3. The minimum absolute atomic E-state index is 0.110. The highest BCUT2D eigenvalue weighted by Gasteiger charge is 2.14. The molecular weight excluding hydrogens is 270 g/mol. The van der Waals surface area contributed by atoms with E-state index in [1.807, 2.05) is 4.72 Å². The lowest BCUT2D eigenvalue weighted by Gasteiger charge is -2.10. The van der Waals surface area contributed by atoms with Gasteiger partial charge in [0.05, 0.1) is 17.7 Å². The van der Waals surface area contributed by atoms with Crippen molar-refractivity contribution >= 4 is 25.9 Å². The highest BCUT2D eigenvalue weighted by atomic mass is 32.2. The Morgan fingerprint density at radius 1 is 1.18 bits per heavy atom. The van der Waals surface area contributed by atoms with Crippen LogP contribution in [-0.4, -0.2) is 23.9 Å². The third kappa shape index (κ3) is 3.85. The fourth-order valence-corrected chi connectivity index (χ4v) is 2.10. The Labute approximate surface area is 98.8 Å². The molecule has 1 aromatic rings. The molecule has 0 bridgehead atoms. The number of hydrogen-bond donors (Lipinski definition) is 3. The summed E-state index contributed by atoms with van der Waals surface area (Å²) >= 11 is 0. The lowest BCUT2D eigenvalue weighted by molar-refractivity contribution is 0.416. The molecular formula is C7H11N3O5S2. The predicted molar refractivity (Wildman–Crippen MR) is 61.1 cm³/mol. The Balaban J connectivity index is 3.35. The van der Waals surface area contributed by atoms with Gasteiger partial charge < -0.3 is 4.74 Å². The number of primary sulfonamides is 1. The van der Waals surface area contributed by atoms with E-state index in [0.717, 1.165) is 6.07 Å². The molecule has 96 valence electrons. The van der Waals surface area contributed by atoms with Gasteiger partial charge in [-0.15, -0.1) is 0 Å². The molecule has 0 amide bonds. The molecule has 0 aliphatic rings. The molecule has 0 heterocycles. The average Bonchev–Trinajstić information content (AvgIpc) is 2.13. The van der Waals surface area contributed by atoms with Crippen LogP contribution in [-0.2, 0) is 20.2 Å². The number of sulfonamides is 1. The minimum Gasteiger partial charge on any atom is -0.495 e. The van der Waals surface area contributed by atoms with Crippen molar-refractivity contribution in [1.29, 1.82) is 0 Å². The van der Waals surface area contributed by atoms with Gasteiger partial charge in [-0.05, 0) is 18.2 Å². The number of nitrogens with one attached hydrogen (secondary N) is 1. The van der Waals surface area contributed by atoms with Gasteiger partial charge in [-0.25, -0.2) is 18.7 Å². The van der Waals surface area contributed by atoms with E-state index in [1.165, 1.54) is 19.2 Å². The van der Waals surface area contributed by atoms with E-state index >= 15 is 0 Å². The zero-order valence-corrected chi connectivity index (χ0v) is 10.4. The maximum Gasteiger partial charge on any atom is 0.296 e. The highest BCUT2D eigenvalue weighted by molar-refractivity contribution is 7.90. The molecule has 0 aliphatic heterocycles. The van der Waals surface area contributed by atoms with Crippen molar-refractivity contribution in [2.75, 3.05) is 11.8 Å². The van der Waals surface area contributed by atoms with Gasteiger partial charge in [0.2, 0.25) is 10.0 Å². The lowest BCUT2D eigenvalue weighted by Crippen LogP contribution is -2.22. The summed E-state index contributed by atoms with van der Waals surface area (Å²) in [4.78, 5) is -0.260. The Morgan fingerprint density at radius 2 is 1.76 bits per heavy atom. The quantitative estimate of drug-likeness (QED) is 0.646. The molecule has 0 saturated carbocycles. The number of nitrogens with two attached hydrogens (primary N) is 2. The van der Waals surface area contributed by atoms with Gasteiger partial charge in [-0.2, -0.15) is 8.42 Å². The first kappa shape index (κ1) is 13.7. The Morgan fingerprint density at radius 3 is 2.18 bits per heavy atom. The average molecular weight is 281 g/mol. The van der Waals surface area contributed by atoms with Gasteiger partial charge in [0.1, 0.15) is 5.75 Å². The number of anilines is 1. The second-order valence-corrected chi connectivity index (χ2v) is 5.91. The number of ether oxygens (including phenoxy) is 1. The molecule has 0 fully saturated rings. The van der Waals surface area contributed by atoms with Crippen molar-refractivity contribution in [3.05, 3.63) is 18.2 Å². The van der Waals surface area contributed by atoms with Gasteiger partial charge in [0.25, 0.3) is 10.2 Å². The molecule has 0 radical (unpaired) electrons. The molecule has 0 saturated heterocycles.